The molecule has 0 aromatic carbocycles. The molecular weight excluding hydrogens is 297 g/mol. The van der Waals surface area contributed by atoms with Crippen molar-refractivity contribution in [3.8, 4) is 0 Å². The molecule has 15 heavy (non-hydrogen) atoms. The Labute approximate surface area is 109 Å². The zero-order valence-corrected chi connectivity index (χ0v) is 12.1. The molecular formula is C13H26IN. The van der Waals surface area contributed by atoms with Gasteiger partial charge in [0.2, 0.25) is 0 Å². The van der Waals surface area contributed by atoms with Crippen molar-refractivity contribution in [2.75, 3.05) is 11.0 Å². The first-order chi connectivity index (χ1) is 7.33. The van der Waals surface area contributed by atoms with Gasteiger partial charge in [-0.05, 0) is 42.1 Å². The highest BCUT2D eigenvalue weighted by molar-refractivity contribution is 14.1. The summed E-state index contributed by atoms with van der Waals surface area (Å²) in [6.07, 6.45) is 14.1. The van der Waals surface area contributed by atoms with E-state index in [0.717, 1.165) is 6.54 Å². The summed E-state index contributed by atoms with van der Waals surface area (Å²) in [5.74, 6) is 0. The highest BCUT2D eigenvalue weighted by Gasteiger charge is 2.27. The highest BCUT2D eigenvalue weighted by atomic mass is 127. The minimum Gasteiger partial charge on any atom is -0.330 e. The summed E-state index contributed by atoms with van der Waals surface area (Å²) >= 11 is 2.48. The molecule has 1 nitrogen and oxygen atoms in total. The number of nitrogens with two attached hydrogens (primary N) is 1. The van der Waals surface area contributed by atoms with Crippen molar-refractivity contribution in [1.82, 2.24) is 0 Å². The van der Waals surface area contributed by atoms with E-state index in [1.54, 1.807) is 0 Å². The van der Waals surface area contributed by atoms with Gasteiger partial charge in [-0.25, -0.2) is 0 Å². The van der Waals surface area contributed by atoms with E-state index >= 15 is 0 Å². The van der Waals surface area contributed by atoms with Gasteiger partial charge in [0.05, 0.1) is 0 Å². The van der Waals surface area contributed by atoms with Gasteiger partial charge < -0.3 is 5.73 Å². The molecule has 0 aliphatic heterocycles. The van der Waals surface area contributed by atoms with Crippen molar-refractivity contribution in [2.45, 2.75) is 64.2 Å². The summed E-state index contributed by atoms with van der Waals surface area (Å²) in [5, 5.41) is 0. The third-order valence-electron chi connectivity index (χ3n) is 3.94. The van der Waals surface area contributed by atoms with Crippen molar-refractivity contribution in [1.29, 1.82) is 0 Å². The van der Waals surface area contributed by atoms with Crippen LogP contribution < -0.4 is 5.73 Å². The third kappa shape index (κ3) is 5.03. The van der Waals surface area contributed by atoms with Crippen LogP contribution in [0.4, 0.5) is 0 Å². The van der Waals surface area contributed by atoms with Gasteiger partial charge in [-0.15, -0.1) is 0 Å². The molecule has 0 heterocycles. The predicted molar refractivity (Wildman–Crippen MR) is 76.5 cm³/mol. The summed E-state index contributed by atoms with van der Waals surface area (Å²) in [7, 11) is 0. The summed E-state index contributed by atoms with van der Waals surface area (Å²) in [4.78, 5) is 0. The molecule has 2 N–H and O–H groups in total. The number of unbranched alkanes of at least 4 members (excludes halogenated alkanes) is 1. The molecule has 0 amide bonds. The lowest BCUT2D eigenvalue weighted by atomic mass is 9.73. The molecule has 0 spiro atoms. The largest absolute Gasteiger partial charge is 0.330 e. The number of hydrogen-bond acceptors (Lipinski definition) is 1. The van der Waals surface area contributed by atoms with Crippen molar-refractivity contribution in [3.05, 3.63) is 0 Å². The van der Waals surface area contributed by atoms with E-state index < -0.39 is 0 Å². The minimum atomic E-state index is 0.520. The van der Waals surface area contributed by atoms with E-state index in [2.05, 4.69) is 22.6 Å². The third-order valence-corrected chi connectivity index (χ3v) is 4.70. The first-order valence-electron chi connectivity index (χ1n) is 6.59. The molecule has 1 aliphatic carbocycles. The van der Waals surface area contributed by atoms with Crippen LogP contribution in [0.15, 0.2) is 0 Å². The zero-order chi connectivity index (χ0) is 11.0. The van der Waals surface area contributed by atoms with E-state index in [-0.39, 0.29) is 0 Å². The van der Waals surface area contributed by atoms with Gasteiger partial charge >= 0.3 is 0 Å². The van der Waals surface area contributed by atoms with Crippen molar-refractivity contribution in [2.24, 2.45) is 11.1 Å². The number of rotatable bonds is 5. The molecule has 1 fully saturated rings. The molecule has 2 heteroatoms. The fourth-order valence-corrected chi connectivity index (χ4v) is 3.35. The molecule has 90 valence electrons. The minimum absolute atomic E-state index is 0.520. The topological polar surface area (TPSA) is 26.0 Å². The average Bonchev–Trinajstić information content (AvgIpc) is 2.22. The van der Waals surface area contributed by atoms with Gasteiger partial charge in [0, 0.05) is 0 Å². The Morgan fingerprint density at radius 2 is 1.53 bits per heavy atom. The van der Waals surface area contributed by atoms with Crippen LogP contribution in [0.2, 0.25) is 0 Å². The van der Waals surface area contributed by atoms with Gasteiger partial charge in [-0.3, -0.25) is 0 Å². The fourth-order valence-electron chi connectivity index (χ4n) is 2.81. The fraction of sp³-hybridized carbons (Fsp3) is 1.00. The molecule has 0 unspecified atom stereocenters. The SMILES string of the molecule is NCC1(CCCCI)CCCCCCC1. The predicted octanol–water partition coefficient (Wildman–Crippen LogP) is 4.28. The highest BCUT2D eigenvalue weighted by Crippen LogP contribution is 2.37. The lowest BCUT2D eigenvalue weighted by Crippen LogP contribution is -2.31. The molecule has 0 aromatic rings. The number of hydrogen-bond donors (Lipinski definition) is 1. The molecule has 1 saturated carbocycles. The zero-order valence-electron chi connectivity index (χ0n) is 9.94. The van der Waals surface area contributed by atoms with E-state index in [4.69, 9.17) is 5.73 Å². The Morgan fingerprint density at radius 3 is 2.07 bits per heavy atom. The van der Waals surface area contributed by atoms with Crippen LogP contribution in [0.25, 0.3) is 0 Å². The Bertz CT molecular complexity index is 151. The molecule has 0 bridgehead atoms. The van der Waals surface area contributed by atoms with Gasteiger partial charge in [-0.1, -0.05) is 61.1 Å². The van der Waals surface area contributed by atoms with E-state index in [1.807, 2.05) is 0 Å². The van der Waals surface area contributed by atoms with Crippen molar-refractivity contribution in [3.63, 3.8) is 0 Å². The van der Waals surface area contributed by atoms with Gasteiger partial charge in [0.25, 0.3) is 0 Å². The summed E-state index contributed by atoms with van der Waals surface area (Å²) in [6, 6.07) is 0. The van der Waals surface area contributed by atoms with Crippen molar-refractivity contribution < 1.29 is 0 Å². The van der Waals surface area contributed by atoms with Crippen molar-refractivity contribution >= 4 is 22.6 Å². The number of alkyl halides is 1. The Balaban J connectivity index is 2.39. The lowest BCUT2D eigenvalue weighted by molar-refractivity contribution is 0.196. The van der Waals surface area contributed by atoms with E-state index in [0.29, 0.717) is 5.41 Å². The van der Waals surface area contributed by atoms with E-state index in [1.165, 1.54) is 68.6 Å². The maximum Gasteiger partial charge on any atom is -0.000472 e. The Kier molecular flexibility index (Phi) is 7.23. The van der Waals surface area contributed by atoms with Crippen LogP contribution in [-0.2, 0) is 0 Å². The maximum absolute atomic E-state index is 6.04. The average molecular weight is 323 g/mol. The maximum atomic E-state index is 6.04. The quantitative estimate of drug-likeness (QED) is 0.456. The van der Waals surface area contributed by atoms with Gasteiger partial charge in [-0.2, -0.15) is 0 Å². The van der Waals surface area contributed by atoms with Crippen LogP contribution in [0.5, 0.6) is 0 Å². The molecule has 0 atom stereocenters. The van der Waals surface area contributed by atoms with Gasteiger partial charge in [0.1, 0.15) is 0 Å². The molecule has 0 saturated heterocycles. The number of halogens is 1. The second-order valence-electron chi connectivity index (χ2n) is 5.12. The standard InChI is InChI=1S/C13H26IN/c14-11-7-6-10-13(12-15)8-4-2-1-3-5-9-13/h1-12,15H2. The molecule has 1 aliphatic rings. The first kappa shape index (κ1) is 13.8. The second kappa shape index (κ2) is 7.88. The van der Waals surface area contributed by atoms with Crippen LogP contribution in [-0.4, -0.2) is 11.0 Å². The molecule has 0 radical (unpaired) electrons. The first-order valence-corrected chi connectivity index (χ1v) is 8.12. The summed E-state index contributed by atoms with van der Waals surface area (Å²) in [5.41, 5.74) is 6.56. The lowest BCUT2D eigenvalue weighted by Gasteiger charge is -2.34. The van der Waals surface area contributed by atoms with Gasteiger partial charge in [0.15, 0.2) is 0 Å². The van der Waals surface area contributed by atoms with Crippen LogP contribution in [0.3, 0.4) is 0 Å². The monoisotopic (exact) mass is 323 g/mol. The van der Waals surface area contributed by atoms with Crippen LogP contribution in [0.1, 0.15) is 64.2 Å². The Hall–Kier alpha value is 0.690. The smallest absolute Gasteiger partial charge is 0.000472 e. The van der Waals surface area contributed by atoms with E-state index in [9.17, 15) is 0 Å². The summed E-state index contributed by atoms with van der Waals surface area (Å²) < 4.78 is 1.30. The van der Waals surface area contributed by atoms with Crippen LogP contribution in [0, 0.1) is 5.41 Å². The summed E-state index contributed by atoms with van der Waals surface area (Å²) in [6.45, 7) is 0.925. The van der Waals surface area contributed by atoms with Crippen LogP contribution >= 0.6 is 22.6 Å². The Morgan fingerprint density at radius 1 is 0.933 bits per heavy atom. The second-order valence-corrected chi connectivity index (χ2v) is 6.20. The molecule has 0 aromatic heterocycles. The molecule has 1 rings (SSSR count). The normalized spacial score (nSPS) is 22.0.